The first-order valence-electron chi connectivity index (χ1n) is 6.04. The van der Waals surface area contributed by atoms with E-state index in [0.29, 0.717) is 5.56 Å². The van der Waals surface area contributed by atoms with Crippen LogP contribution in [0.15, 0.2) is 24.3 Å². The van der Waals surface area contributed by atoms with Crippen LogP contribution >= 0.6 is 15.9 Å². The van der Waals surface area contributed by atoms with Crippen molar-refractivity contribution in [1.82, 2.24) is 0 Å². The molecule has 0 saturated heterocycles. The Morgan fingerprint density at radius 2 is 1.95 bits per heavy atom. The minimum atomic E-state index is -4.37. The van der Waals surface area contributed by atoms with Gasteiger partial charge in [0.05, 0.1) is 5.56 Å². The fourth-order valence-corrected chi connectivity index (χ4v) is 1.83. The number of rotatable bonds is 4. The van der Waals surface area contributed by atoms with Crippen LogP contribution in [0.1, 0.15) is 31.9 Å². The van der Waals surface area contributed by atoms with Crippen LogP contribution in [0.2, 0.25) is 0 Å². The van der Waals surface area contributed by atoms with Gasteiger partial charge in [0.25, 0.3) is 0 Å². The molecule has 1 unspecified atom stereocenters. The fourth-order valence-electron chi connectivity index (χ4n) is 1.74. The number of carbonyl (C=O) groups excluding carboxylic acids is 1. The van der Waals surface area contributed by atoms with E-state index in [-0.39, 0.29) is 6.42 Å². The molecule has 1 aromatic rings. The topological polar surface area (TPSA) is 26.3 Å². The Hall–Kier alpha value is -1.04. The lowest BCUT2D eigenvalue weighted by atomic mass is 9.97. The molecule has 20 heavy (non-hydrogen) atoms. The molecule has 0 fully saturated rings. The molecule has 6 heteroatoms. The molecule has 0 aromatic heterocycles. The normalized spacial score (nSPS) is 13.9. The van der Waals surface area contributed by atoms with Gasteiger partial charge in [-0.05, 0) is 32.4 Å². The highest BCUT2D eigenvalue weighted by Crippen LogP contribution is 2.30. The summed E-state index contributed by atoms with van der Waals surface area (Å²) in [6, 6.07) is 5.03. The second kappa shape index (κ2) is 6.16. The van der Waals surface area contributed by atoms with Gasteiger partial charge in [-0.25, -0.2) is 0 Å². The molecular weight excluding hydrogens is 337 g/mol. The van der Waals surface area contributed by atoms with E-state index in [0.717, 1.165) is 12.1 Å². The van der Waals surface area contributed by atoms with Crippen molar-refractivity contribution in [2.75, 3.05) is 0 Å². The molecule has 0 saturated carbocycles. The molecule has 0 aliphatic heterocycles. The highest BCUT2D eigenvalue weighted by molar-refractivity contribution is 9.10. The van der Waals surface area contributed by atoms with E-state index >= 15 is 0 Å². The largest absolute Gasteiger partial charge is 0.458 e. The zero-order chi connectivity index (χ0) is 15.6. The van der Waals surface area contributed by atoms with Gasteiger partial charge in [-0.1, -0.05) is 34.1 Å². The predicted octanol–water partition coefficient (Wildman–Crippen LogP) is 4.35. The fraction of sp³-hybridized carbons (Fsp3) is 0.500. The average Bonchev–Trinajstić information content (AvgIpc) is 2.26. The van der Waals surface area contributed by atoms with Crippen molar-refractivity contribution in [2.45, 2.75) is 43.8 Å². The molecule has 1 aromatic carbocycles. The lowest BCUT2D eigenvalue weighted by molar-refractivity contribution is -0.155. The third-order valence-corrected chi connectivity index (χ3v) is 2.96. The Morgan fingerprint density at radius 3 is 2.45 bits per heavy atom. The highest BCUT2D eigenvalue weighted by atomic mass is 79.9. The molecule has 0 heterocycles. The van der Waals surface area contributed by atoms with Crippen molar-refractivity contribution in [3.8, 4) is 0 Å². The van der Waals surface area contributed by atoms with Gasteiger partial charge >= 0.3 is 12.1 Å². The number of hydrogen-bond acceptors (Lipinski definition) is 2. The van der Waals surface area contributed by atoms with E-state index in [1.165, 1.54) is 6.07 Å². The van der Waals surface area contributed by atoms with Gasteiger partial charge in [0.1, 0.15) is 10.4 Å². The number of hydrogen-bond donors (Lipinski definition) is 0. The lowest BCUT2D eigenvalue weighted by Gasteiger charge is -2.26. The van der Waals surface area contributed by atoms with Crippen LogP contribution in [0.25, 0.3) is 0 Å². The zero-order valence-electron chi connectivity index (χ0n) is 11.4. The van der Waals surface area contributed by atoms with E-state index in [4.69, 9.17) is 4.74 Å². The molecule has 0 spiro atoms. The Balaban J connectivity index is 2.85. The summed E-state index contributed by atoms with van der Waals surface area (Å²) in [6.45, 7) is 4.96. The molecule has 0 aliphatic rings. The minimum absolute atomic E-state index is 0.211. The molecule has 0 amide bonds. The monoisotopic (exact) mass is 352 g/mol. The van der Waals surface area contributed by atoms with Gasteiger partial charge < -0.3 is 4.74 Å². The Labute approximate surface area is 124 Å². The molecule has 0 aliphatic carbocycles. The van der Waals surface area contributed by atoms with Crippen molar-refractivity contribution in [2.24, 2.45) is 0 Å². The van der Waals surface area contributed by atoms with Gasteiger partial charge in [0.2, 0.25) is 0 Å². The van der Waals surface area contributed by atoms with E-state index in [1.807, 2.05) is 0 Å². The van der Waals surface area contributed by atoms with Crippen LogP contribution in [0.5, 0.6) is 0 Å². The second-order valence-corrected chi connectivity index (χ2v) is 6.55. The minimum Gasteiger partial charge on any atom is -0.458 e. The maximum Gasteiger partial charge on any atom is 0.416 e. The molecule has 1 atom stereocenters. The zero-order valence-corrected chi connectivity index (χ0v) is 13.0. The van der Waals surface area contributed by atoms with Crippen molar-refractivity contribution in [3.05, 3.63) is 35.4 Å². The summed E-state index contributed by atoms with van der Waals surface area (Å²) in [5.41, 5.74) is -1.10. The molecule has 0 N–H and O–H groups in total. The number of ether oxygens (including phenoxy) is 1. The van der Waals surface area contributed by atoms with Gasteiger partial charge in [0, 0.05) is 6.42 Å². The standard InChI is InChI=1S/C14H16BrF3O2/c1-9(15)12(19)20-13(2,3)8-10-5-4-6-11(7-10)14(16,17)18/h4-7,9H,8H2,1-3H3. The van der Waals surface area contributed by atoms with Crippen molar-refractivity contribution >= 4 is 21.9 Å². The molecule has 0 bridgehead atoms. The van der Waals surface area contributed by atoms with Crippen LogP contribution < -0.4 is 0 Å². The Kier molecular flexibility index (Phi) is 5.24. The summed E-state index contributed by atoms with van der Waals surface area (Å²) in [6.07, 6.45) is -4.16. The van der Waals surface area contributed by atoms with E-state index in [2.05, 4.69) is 15.9 Å². The summed E-state index contributed by atoms with van der Waals surface area (Å²) in [5.74, 6) is -0.443. The molecular formula is C14H16BrF3O2. The third-order valence-electron chi connectivity index (χ3n) is 2.59. The van der Waals surface area contributed by atoms with Gasteiger partial charge in [0.15, 0.2) is 0 Å². The van der Waals surface area contributed by atoms with Gasteiger partial charge in [-0.3, -0.25) is 4.79 Å². The molecule has 1 rings (SSSR count). The van der Waals surface area contributed by atoms with Crippen LogP contribution in [-0.2, 0) is 22.1 Å². The van der Waals surface area contributed by atoms with Crippen molar-refractivity contribution in [1.29, 1.82) is 0 Å². The Morgan fingerprint density at radius 1 is 1.35 bits per heavy atom. The van der Waals surface area contributed by atoms with E-state index < -0.39 is 28.1 Å². The third kappa shape index (κ3) is 5.15. The quantitative estimate of drug-likeness (QED) is 0.594. The predicted molar refractivity (Wildman–Crippen MR) is 73.7 cm³/mol. The number of esters is 1. The first-order chi connectivity index (χ1) is 9.01. The summed E-state index contributed by atoms with van der Waals surface area (Å²) in [5, 5.41) is 0. The number of halogens is 4. The smallest absolute Gasteiger partial charge is 0.416 e. The highest BCUT2D eigenvalue weighted by Gasteiger charge is 2.31. The first-order valence-corrected chi connectivity index (χ1v) is 6.96. The van der Waals surface area contributed by atoms with Crippen molar-refractivity contribution in [3.63, 3.8) is 0 Å². The van der Waals surface area contributed by atoms with Crippen LogP contribution in [-0.4, -0.2) is 16.4 Å². The van der Waals surface area contributed by atoms with E-state index in [9.17, 15) is 18.0 Å². The summed E-state index contributed by atoms with van der Waals surface area (Å²) < 4.78 is 43.1. The molecule has 112 valence electrons. The SMILES string of the molecule is CC(Br)C(=O)OC(C)(C)Cc1cccc(C(F)(F)F)c1. The second-order valence-electron chi connectivity index (χ2n) is 5.17. The summed E-state index contributed by atoms with van der Waals surface area (Å²) in [7, 11) is 0. The number of carbonyl (C=O) groups is 1. The lowest BCUT2D eigenvalue weighted by Crippen LogP contribution is -2.33. The molecule has 0 radical (unpaired) electrons. The van der Waals surface area contributed by atoms with Gasteiger partial charge in [-0.2, -0.15) is 13.2 Å². The summed E-state index contributed by atoms with van der Waals surface area (Å²) in [4.78, 5) is 11.1. The Bertz CT molecular complexity index is 482. The molecule has 2 nitrogen and oxygen atoms in total. The maximum atomic E-state index is 12.6. The number of benzene rings is 1. The van der Waals surface area contributed by atoms with E-state index in [1.54, 1.807) is 26.8 Å². The summed E-state index contributed by atoms with van der Waals surface area (Å²) >= 11 is 3.09. The average molecular weight is 353 g/mol. The van der Waals surface area contributed by atoms with Crippen molar-refractivity contribution < 1.29 is 22.7 Å². The maximum absolute atomic E-state index is 12.6. The van der Waals surface area contributed by atoms with Gasteiger partial charge in [-0.15, -0.1) is 0 Å². The van der Waals surface area contributed by atoms with Crippen LogP contribution in [0.3, 0.4) is 0 Å². The number of alkyl halides is 4. The van der Waals surface area contributed by atoms with Crippen LogP contribution in [0.4, 0.5) is 13.2 Å². The first kappa shape index (κ1) is 17.0. The van der Waals surface area contributed by atoms with Crippen LogP contribution in [0, 0.1) is 0 Å².